The summed E-state index contributed by atoms with van der Waals surface area (Å²) in [7, 11) is 0. The second-order valence-electron chi connectivity index (χ2n) is 6.91. The predicted molar refractivity (Wildman–Crippen MR) is 125 cm³/mol. The van der Waals surface area contributed by atoms with Crippen molar-refractivity contribution in [3.8, 4) is 16.2 Å². The van der Waals surface area contributed by atoms with Crippen molar-refractivity contribution in [3.05, 3.63) is 63.0 Å². The first kappa shape index (κ1) is 22.4. The number of hydrogen-bond donors (Lipinski definition) is 2. The fourth-order valence-electron chi connectivity index (χ4n) is 3.29. The summed E-state index contributed by atoms with van der Waals surface area (Å²) in [5.74, 6) is -0.450. The number of anilines is 1. The van der Waals surface area contributed by atoms with Crippen molar-refractivity contribution < 1.29 is 18.3 Å². The lowest BCUT2D eigenvalue weighted by molar-refractivity contribution is 0.0960. The van der Waals surface area contributed by atoms with Crippen LogP contribution in [0.15, 0.2) is 41.1 Å². The van der Waals surface area contributed by atoms with Crippen molar-refractivity contribution in [3.63, 3.8) is 0 Å². The number of furan rings is 1. The molecule has 166 valence electrons. The van der Waals surface area contributed by atoms with E-state index in [0.29, 0.717) is 28.0 Å². The molecule has 0 bridgehead atoms. The van der Waals surface area contributed by atoms with E-state index in [-0.39, 0.29) is 27.5 Å². The molecule has 0 aliphatic carbocycles. The number of nitrogens with two attached hydrogens (primary N) is 1. The van der Waals surface area contributed by atoms with Crippen LogP contribution in [0.25, 0.3) is 21.4 Å². The van der Waals surface area contributed by atoms with Crippen LogP contribution in [0.5, 0.6) is 5.75 Å². The van der Waals surface area contributed by atoms with E-state index in [9.17, 15) is 9.18 Å². The fourth-order valence-corrected chi connectivity index (χ4v) is 4.91. The minimum atomic E-state index is -0.736. The van der Waals surface area contributed by atoms with Gasteiger partial charge in [0.15, 0.2) is 11.4 Å². The van der Waals surface area contributed by atoms with Crippen LogP contribution in [0.3, 0.4) is 0 Å². The SMILES string of the molecule is CCNC(=O)c1ccc(-c2coc3c(O[C@H](C)c4c(Cl)ccc(F)c4Cl)c(N)ncc23)s1. The molecule has 0 unspecified atom stereocenters. The molecule has 3 N–H and O–H groups in total. The maximum absolute atomic E-state index is 14.0. The van der Waals surface area contributed by atoms with Crippen LogP contribution in [0.1, 0.15) is 35.2 Å². The highest BCUT2D eigenvalue weighted by molar-refractivity contribution is 7.17. The Morgan fingerprint density at radius 3 is 2.88 bits per heavy atom. The molecule has 0 fully saturated rings. The van der Waals surface area contributed by atoms with Crippen molar-refractivity contribution in [2.45, 2.75) is 20.0 Å². The zero-order valence-corrected chi connectivity index (χ0v) is 19.4. The van der Waals surface area contributed by atoms with Gasteiger partial charge in [-0.1, -0.05) is 23.2 Å². The molecule has 0 radical (unpaired) electrons. The first-order chi connectivity index (χ1) is 15.3. The number of rotatable bonds is 6. The van der Waals surface area contributed by atoms with E-state index in [2.05, 4.69) is 10.3 Å². The summed E-state index contributed by atoms with van der Waals surface area (Å²) < 4.78 is 25.7. The van der Waals surface area contributed by atoms with Gasteiger partial charge in [0.1, 0.15) is 18.2 Å². The maximum Gasteiger partial charge on any atom is 0.261 e. The molecule has 10 heteroatoms. The van der Waals surface area contributed by atoms with Gasteiger partial charge in [0.25, 0.3) is 5.91 Å². The van der Waals surface area contributed by atoms with Crippen LogP contribution < -0.4 is 15.8 Å². The maximum atomic E-state index is 14.0. The lowest BCUT2D eigenvalue weighted by Gasteiger charge is -2.18. The van der Waals surface area contributed by atoms with Crippen molar-refractivity contribution in [2.24, 2.45) is 0 Å². The van der Waals surface area contributed by atoms with Crippen LogP contribution >= 0.6 is 34.5 Å². The molecule has 0 aliphatic heterocycles. The van der Waals surface area contributed by atoms with E-state index < -0.39 is 11.9 Å². The number of carbonyl (C=O) groups is 1. The van der Waals surface area contributed by atoms with Gasteiger partial charge >= 0.3 is 0 Å². The van der Waals surface area contributed by atoms with Crippen molar-refractivity contribution >= 4 is 57.2 Å². The Hall–Kier alpha value is -2.81. The van der Waals surface area contributed by atoms with Crippen LogP contribution in [-0.4, -0.2) is 17.4 Å². The zero-order chi connectivity index (χ0) is 23.0. The molecule has 4 rings (SSSR count). The largest absolute Gasteiger partial charge is 0.478 e. The van der Waals surface area contributed by atoms with E-state index in [1.807, 2.05) is 13.0 Å². The minimum absolute atomic E-state index is 0.100. The van der Waals surface area contributed by atoms with Gasteiger partial charge in [-0.25, -0.2) is 9.37 Å². The van der Waals surface area contributed by atoms with E-state index in [1.165, 1.54) is 23.5 Å². The molecule has 4 aromatic rings. The number of ether oxygens (including phenoxy) is 1. The van der Waals surface area contributed by atoms with E-state index >= 15 is 0 Å². The lowest BCUT2D eigenvalue weighted by Crippen LogP contribution is -2.21. The molecule has 0 spiro atoms. The number of carbonyl (C=O) groups excluding carboxylic acids is 1. The summed E-state index contributed by atoms with van der Waals surface area (Å²) in [6.45, 7) is 4.08. The van der Waals surface area contributed by atoms with Crippen LogP contribution in [-0.2, 0) is 0 Å². The molecule has 0 aliphatic rings. The summed E-state index contributed by atoms with van der Waals surface area (Å²) in [5, 5.41) is 3.57. The summed E-state index contributed by atoms with van der Waals surface area (Å²) in [4.78, 5) is 17.7. The Morgan fingerprint density at radius 2 is 2.12 bits per heavy atom. The zero-order valence-electron chi connectivity index (χ0n) is 17.0. The second-order valence-corrected chi connectivity index (χ2v) is 8.77. The third-order valence-electron chi connectivity index (χ3n) is 4.81. The molecule has 32 heavy (non-hydrogen) atoms. The molecule has 0 saturated heterocycles. The topological polar surface area (TPSA) is 90.4 Å². The molecular formula is C22H18Cl2FN3O3S. The summed E-state index contributed by atoms with van der Waals surface area (Å²) in [6, 6.07) is 6.19. The van der Waals surface area contributed by atoms with Crippen LogP contribution in [0.4, 0.5) is 10.2 Å². The van der Waals surface area contributed by atoms with E-state index in [0.717, 1.165) is 10.4 Å². The molecule has 0 saturated carbocycles. The summed E-state index contributed by atoms with van der Waals surface area (Å²) >= 11 is 13.7. The molecule has 1 atom stereocenters. The fraction of sp³-hybridized carbons (Fsp3) is 0.182. The number of hydrogen-bond acceptors (Lipinski definition) is 6. The third kappa shape index (κ3) is 4.01. The molecule has 3 aromatic heterocycles. The summed E-state index contributed by atoms with van der Waals surface area (Å²) in [6.07, 6.45) is 2.40. The Labute approximate surface area is 197 Å². The molecule has 1 aromatic carbocycles. The summed E-state index contributed by atoms with van der Waals surface area (Å²) in [5.41, 5.74) is 7.46. The van der Waals surface area contributed by atoms with Crippen LogP contribution in [0, 0.1) is 5.82 Å². The molecule has 1 amide bonds. The number of thiophene rings is 1. The van der Waals surface area contributed by atoms with Crippen LogP contribution in [0.2, 0.25) is 10.0 Å². The van der Waals surface area contributed by atoms with Crippen molar-refractivity contribution in [1.29, 1.82) is 0 Å². The number of nitrogen functional groups attached to an aromatic ring is 1. The van der Waals surface area contributed by atoms with Gasteiger partial charge in [0, 0.05) is 33.8 Å². The molecule has 6 nitrogen and oxygen atoms in total. The molecule has 3 heterocycles. The highest BCUT2D eigenvalue weighted by atomic mass is 35.5. The smallest absolute Gasteiger partial charge is 0.261 e. The number of pyridine rings is 1. The first-order valence-corrected chi connectivity index (χ1v) is 11.2. The second kappa shape index (κ2) is 8.97. The highest BCUT2D eigenvalue weighted by Gasteiger charge is 2.23. The normalized spacial score (nSPS) is 12.2. The number of fused-ring (bicyclic) bond motifs is 1. The number of nitrogens with one attached hydrogen (secondary N) is 1. The van der Waals surface area contributed by atoms with Gasteiger partial charge in [-0.3, -0.25) is 4.79 Å². The standard InChI is InChI=1S/C22H18Cl2FN3O3S/c1-3-27-22(29)16-7-6-15(32-16)12-9-30-19-11(12)8-28-21(26)20(19)31-10(2)17-13(23)4-5-14(25)18(17)24/h4-10H,3H2,1-2H3,(H2,26,28)(H,27,29)/t10-/m1/s1. The Bertz CT molecular complexity index is 1320. The lowest BCUT2D eigenvalue weighted by atomic mass is 10.1. The van der Waals surface area contributed by atoms with Crippen molar-refractivity contribution in [1.82, 2.24) is 10.3 Å². The average Bonchev–Trinajstić information content (AvgIpc) is 3.40. The number of benzene rings is 1. The van der Waals surface area contributed by atoms with Gasteiger partial charge in [0.05, 0.1) is 15.3 Å². The van der Waals surface area contributed by atoms with Gasteiger partial charge < -0.3 is 20.2 Å². The number of amides is 1. The molecular weight excluding hydrogens is 476 g/mol. The Balaban J connectivity index is 1.72. The third-order valence-corrected chi connectivity index (χ3v) is 6.65. The van der Waals surface area contributed by atoms with Crippen molar-refractivity contribution in [2.75, 3.05) is 12.3 Å². The van der Waals surface area contributed by atoms with Gasteiger partial charge in [-0.05, 0) is 38.1 Å². The van der Waals surface area contributed by atoms with Gasteiger partial charge in [-0.2, -0.15) is 0 Å². The number of aromatic nitrogens is 1. The van der Waals surface area contributed by atoms with Gasteiger partial charge in [-0.15, -0.1) is 11.3 Å². The first-order valence-electron chi connectivity index (χ1n) is 9.65. The van der Waals surface area contributed by atoms with E-state index in [4.69, 9.17) is 38.1 Å². The van der Waals surface area contributed by atoms with Gasteiger partial charge in [0.2, 0.25) is 5.75 Å². The minimum Gasteiger partial charge on any atom is -0.478 e. The quantitative estimate of drug-likeness (QED) is 0.300. The predicted octanol–water partition coefficient (Wildman–Crippen LogP) is 6.47. The number of nitrogens with zero attached hydrogens (tertiary/aromatic N) is 1. The Kier molecular flexibility index (Phi) is 6.28. The highest BCUT2D eigenvalue weighted by Crippen LogP contribution is 2.42. The number of halogens is 3. The monoisotopic (exact) mass is 493 g/mol. The van der Waals surface area contributed by atoms with E-state index in [1.54, 1.807) is 25.5 Å². The average molecular weight is 494 g/mol. The Morgan fingerprint density at radius 1 is 1.34 bits per heavy atom.